The van der Waals surface area contributed by atoms with Crippen molar-refractivity contribution in [3.63, 3.8) is 0 Å². The third-order valence-corrected chi connectivity index (χ3v) is 4.62. The van der Waals surface area contributed by atoms with E-state index in [1.54, 1.807) is 6.20 Å². The maximum Gasteiger partial charge on any atom is 0.234 e. The van der Waals surface area contributed by atoms with Gasteiger partial charge in [0.25, 0.3) is 0 Å². The van der Waals surface area contributed by atoms with Gasteiger partial charge in [-0.05, 0) is 39.5 Å². The largest absolute Gasteiger partial charge is 0.473 e. The Hall–Kier alpha value is -1.36. The van der Waals surface area contributed by atoms with Crippen molar-refractivity contribution < 1.29 is 9.47 Å². The molecule has 0 amide bonds. The van der Waals surface area contributed by atoms with E-state index in [9.17, 15) is 0 Å². The monoisotopic (exact) mass is 291 g/mol. The zero-order valence-electron chi connectivity index (χ0n) is 13.0. The lowest BCUT2D eigenvalue weighted by Crippen LogP contribution is -2.49. The fourth-order valence-corrected chi connectivity index (χ4v) is 3.14. The number of hydrogen-bond acceptors (Lipinski definition) is 5. The van der Waals surface area contributed by atoms with Gasteiger partial charge in [0.2, 0.25) is 5.88 Å². The second-order valence-electron chi connectivity index (χ2n) is 6.10. The molecule has 116 valence electrons. The Morgan fingerprint density at radius 2 is 2.00 bits per heavy atom. The van der Waals surface area contributed by atoms with Crippen molar-refractivity contribution in [1.82, 2.24) is 9.97 Å². The third-order valence-electron chi connectivity index (χ3n) is 4.62. The van der Waals surface area contributed by atoms with Crippen LogP contribution in [0, 0.1) is 0 Å². The molecule has 0 spiro atoms. The summed E-state index contributed by atoms with van der Waals surface area (Å²) >= 11 is 0. The summed E-state index contributed by atoms with van der Waals surface area (Å²) in [7, 11) is 0. The van der Waals surface area contributed by atoms with Gasteiger partial charge in [-0.2, -0.15) is 4.98 Å². The highest BCUT2D eigenvalue weighted by molar-refractivity contribution is 5.39. The number of anilines is 1. The number of ether oxygens (including phenoxy) is 2. The molecule has 2 aliphatic rings. The SMILES string of the molecule is CC1OCCN(c2cncc(OC3CCCCC3)n2)C1C. The van der Waals surface area contributed by atoms with Gasteiger partial charge in [0.05, 0.1) is 31.1 Å². The Morgan fingerprint density at radius 1 is 1.19 bits per heavy atom. The second-order valence-corrected chi connectivity index (χ2v) is 6.10. The van der Waals surface area contributed by atoms with Crippen LogP contribution in [-0.2, 0) is 4.74 Å². The summed E-state index contributed by atoms with van der Waals surface area (Å²) in [6.45, 7) is 5.86. The molecule has 1 aromatic rings. The zero-order chi connectivity index (χ0) is 14.7. The molecule has 2 fully saturated rings. The van der Waals surface area contributed by atoms with Crippen molar-refractivity contribution in [1.29, 1.82) is 0 Å². The Bertz CT molecular complexity index is 463. The van der Waals surface area contributed by atoms with Crippen LogP contribution in [0.1, 0.15) is 46.0 Å². The molecule has 0 aromatic carbocycles. The van der Waals surface area contributed by atoms with Crippen LogP contribution in [0.25, 0.3) is 0 Å². The zero-order valence-corrected chi connectivity index (χ0v) is 13.0. The van der Waals surface area contributed by atoms with E-state index >= 15 is 0 Å². The van der Waals surface area contributed by atoms with Gasteiger partial charge in [0, 0.05) is 6.54 Å². The maximum absolute atomic E-state index is 6.02. The van der Waals surface area contributed by atoms with Gasteiger partial charge in [-0.25, -0.2) is 0 Å². The lowest BCUT2D eigenvalue weighted by atomic mass is 9.98. The van der Waals surface area contributed by atoms with Crippen molar-refractivity contribution in [2.24, 2.45) is 0 Å². The van der Waals surface area contributed by atoms with E-state index in [1.807, 2.05) is 6.20 Å². The number of nitrogens with zero attached hydrogens (tertiary/aromatic N) is 3. The predicted octanol–water partition coefficient (Wildman–Crippen LogP) is 2.80. The molecule has 1 aliphatic heterocycles. The van der Waals surface area contributed by atoms with Crippen LogP contribution in [0.5, 0.6) is 5.88 Å². The molecule has 2 atom stereocenters. The fourth-order valence-electron chi connectivity index (χ4n) is 3.14. The van der Waals surface area contributed by atoms with Crippen LogP contribution in [0.2, 0.25) is 0 Å². The Balaban J connectivity index is 1.70. The summed E-state index contributed by atoms with van der Waals surface area (Å²) in [6.07, 6.45) is 10.2. The molecule has 2 unspecified atom stereocenters. The molecule has 0 radical (unpaired) electrons. The molecule has 5 nitrogen and oxygen atoms in total. The minimum absolute atomic E-state index is 0.212. The van der Waals surface area contributed by atoms with Crippen LogP contribution < -0.4 is 9.64 Å². The lowest BCUT2D eigenvalue weighted by molar-refractivity contribution is 0.0280. The molecular formula is C16H25N3O2. The summed E-state index contributed by atoms with van der Waals surface area (Å²) in [5, 5.41) is 0. The standard InChI is InChI=1S/C16H25N3O2/c1-12-13(2)20-9-8-19(12)15-10-17-11-16(18-15)21-14-6-4-3-5-7-14/h10-14H,3-9H2,1-2H3. The topological polar surface area (TPSA) is 47.5 Å². The molecule has 0 N–H and O–H groups in total. The molecule has 1 saturated heterocycles. The summed E-state index contributed by atoms with van der Waals surface area (Å²) in [5.41, 5.74) is 0. The normalized spacial score (nSPS) is 27.6. The number of aromatic nitrogens is 2. The second kappa shape index (κ2) is 6.60. The first-order chi connectivity index (χ1) is 10.2. The smallest absolute Gasteiger partial charge is 0.234 e. The van der Waals surface area contributed by atoms with Crippen LogP contribution in [0.15, 0.2) is 12.4 Å². The van der Waals surface area contributed by atoms with Crippen molar-refractivity contribution >= 4 is 5.82 Å². The molecule has 1 aliphatic carbocycles. The molecule has 0 bridgehead atoms. The first kappa shape index (κ1) is 14.6. The molecule has 3 rings (SSSR count). The molecule has 2 heterocycles. The fraction of sp³-hybridized carbons (Fsp3) is 0.750. The third kappa shape index (κ3) is 3.46. The minimum Gasteiger partial charge on any atom is -0.473 e. The van der Waals surface area contributed by atoms with Gasteiger partial charge in [-0.1, -0.05) is 6.42 Å². The Morgan fingerprint density at radius 3 is 2.81 bits per heavy atom. The Labute approximate surface area is 126 Å². The highest BCUT2D eigenvalue weighted by Gasteiger charge is 2.27. The van der Waals surface area contributed by atoms with E-state index in [0.29, 0.717) is 18.0 Å². The van der Waals surface area contributed by atoms with Crippen molar-refractivity contribution in [2.75, 3.05) is 18.1 Å². The first-order valence-corrected chi connectivity index (χ1v) is 8.11. The van der Waals surface area contributed by atoms with Gasteiger partial charge in [0.15, 0.2) is 5.82 Å². The van der Waals surface area contributed by atoms with Crippen molar-refractivity contribution in [2.45, 2.75) is 64.2 Å². The van der Waals surface area contributed by atoms with Crippen LogP contribution >= 0.6 is 0 Å². The van der Waals surface area contributed by atoms with Gasteiger partial charge in [-0.15, -0.1) is 0 Å². The highest BCUT2D eigenvalue weighted by Crippen LogP contribution is 2.25. The van der Waals surface area contributed by atoms with E-state index in [2.05, 4.69) is 28.7 Å². The number of hydrogen-bond donors (Lipinski definition) is 0. The van der Waals surface area contributed by atoms with E-state index < -0.39 is 0 Å². The average molecular weight is 291 g/mol. The molecule has 5 heteroatoms. The quantitative estimate of drug-likeness (QED) is 0.857. The summed E-state index contributed by atoms with van der Waals surface area (Å²) < 4.78 is 11.7. The van der Waals surface area contributed by atoms with Gasteiger partial charge >= 0.3 is 0 Å². The van der Waals surface area contributed by atoms with E-state index in [-0.39, 0.29) is 6.10 Å². The summed E-state index contributed by atoms with van der Waals surface area (Å²) in [6, 6.07) is 0.304. The van der Waals surface area contributed by atoms with E-state index in [1.165, 1.54) is 19.3 Å². The van der Waals surface area contributed by atoms with Crippen molar-refractivity contribution in [3.05, 3.63) is 12.4 Å². The van der Waals surface area contributed by atoms with E-state index in [0.717, 1.165) is 31.8 Å². The van der Waals surface area contributed by atoms with Gasteiger partial charge in [-0.3, -0.25) is 4.98 Å². The van der Waals surface area contributed by atoms with E-state index in [4.69, 9.17) is 9.47 Å². The molecular weight excluding hydrogens is 266 g/mol. The number of morpholine rings is 1. The number of rotatable bonds is 3. The van der Waals surface area contributed by atoms with Crippen molar-refractivity contribution in [3.8, 4) is 5.88 Å². The van der Waals surface area contributed by atoms with Crippen LogP contribution in [0.3, 0.4) is 0 Å². The summed E-state index contributed by atoms with van der Waals surface area (Å²) in [5.74, 6) is 1.55. The highest BCUT2D eigenvalue weighted by atomic mass is 16.5. The Kier molecular flexibility index (Phi) is 4.58. The average Bonchev–Trinajstić information content (AvgIpc) is 2.51. The maximum atomic E-state index is 6.02. The molecule has 1 saturated carbocycles. The van der Waals surface area contributed by atoms with Gasteiger partial charge in [0.1, 0.15) is 6.10 Å². The van der Waals surface area contributed by atoms with Crippen LogP contribution in [-0.4, -0.2) is 41.4 Å². The molecule has 21 heavy (non-hydrogen) atoms. The van der Waals surface area contributed by atoms with Gasteiger partial charge < -0.3 is 14.4 Å². The first-order valence-electron chi connectivity index (χ1n) is 8.11. The summed E-state index contributed by atoms with van der Waals surface area (Å²) in [4.78, 5) is 11.2. The predicted molar refractivity (Wildman–Crippen MR) is 81.8 cm³/mol. The molecule has 1 aromatic heterocycles. The lowest BCUT2D eigenvalue weighted by Gasteiger charge is -2.38. The minimum atomic E-state index is 0.212. The van der Waals surface area contributed by atoms with Crippen LogP contribution in [0.4, 0.5) is 5.82 Å².